The zero-order chi connectivity index (χ0) is 14.3. The van der Waals surface area contributed by atoms with Gasteiger partial charge < -0.3 is 0 Å². The van der Waals surface area contributed by atoms with E-state index in [0.29, 0.717) is 11.1 Å². The summed E-state index contributed by atoms with van der Waals surface area (Å²) in [7, 11) is 0. The Balaban J connectivity index is 2.49. The van der Waals surface area contributed by atoms with Crippen LogP contribution >= 0.6 is 0 Å². The lowest BCUT2D eigenvalue weighted by atomic mass is 9.92. The number of fused-ring (bicyclic) bond motifs is 2. The van der Waals surface area contributed by atoms with Crippen LogP contribution in [0, 0.1) is 0 Å². The molecule has 2 nitrogen and oxygen atoms in total. The summed E-state index contributed by atoms with van der Waals surface area (Å²) in [4.78, 5) is 23.7. The average Bonchev–Trinajstić information content (AvgIpc) is 2.43. The third-order valence-corrected chi connectivity index (χ3v) is 3.62. The number of hydrogen-bond acceptors (Lipinski definition) is 2. The summed E-state index contributed by atoms with van der Waals surface area (Å²) in [6.45, 7) is 3.01. The number of ketones is 2. The van der Waals surface area contributed by atoms with Crippen molar-refractivity contribution in [2.75, 3.05) is 0 Å². The van der Waals surface area contributed by atoms with E-state index < -0.39 is 0 Å². The Bertz CT molecular complexity index is 860. The molecule has 0 aliphatic carbocycles. The van der Waals surface area contributed by atoms with Gasteiger partial charge in [-0.2, -0.15) is 0 Å². The highest BCUT2D eigenvalue weighted by atomic mass is 16.1. The minimum Gasteiger partial charge on any atom is -0.294 e. The molecule has 2 heteroatoms. The van der Waals surface area contributed by atoms with E-state index in [-0.39, 0.29) is 11.6 Å². The predicted molar refractivity (Wildman–Crippen MR) is 81.5 cm³/mol. The molecule has 0 saturated carbocycles. The lowest BCUT2D eigenvalue weighted by Gasteiger charge is -2.10. The fraction of sp³-hybridized carbons (Fsp3) is 0.111. The molecule has 0 aliphatic heterocycles. The van der Waals surface area contributed by atoms with Crippen LogP contribution in [-0.4, -0.2) is 11.6 Å². The van der Waals surface area contributed by atoms with E-state index in [0.717, 1.165) is 21.5 Å². The van der Waals surface area contributed by atoms with Crippen LogP contribution in [0.3, 0.4) is 0 Å². The van der Waals surface area contributed by atoms with Gasteiger partial charge in [0.15, 0.2) is 11.6 Å². The largest absolute Gasteiger partial charge is 0.294 e. The summed E-state index contributed by atoms with van der Waals surface area (Å²) < 4.78 is 0. The van der Waals surface area contributed by atoms with Gasteiger partial charge in [0.2, 0.25) is 0 Å². The first-order chi connectivity index (χ1) is 9.58. The smallest absolute Gasteiger partial charge is 0.161 e. The normalized spacial score (nSPS) is 10.9. The van der Waals surface area contributed by atoms with Gasteiger partial charge in [-0.1, -0.05) is 36.4 Å². The fourth-order valence-electron chi connectivity index (χ4n) is 2.69. The molecule has 0 fully saturated rings. The molecular formula is C18H14O2. The molecule has 0 amide bonds. The molecule has 0 aliphatic rings. The van der Waals surface area contributed by atoms with Crippen molar-refractivity contribution >= 4 is 33.1 Å². The van der Waals surface area contributed by atoms with Crippen molar-refractivity contribution in [1.82, 2.24) is 0 Å². The summed E-state index contributed by atoms with van der Waals surface area (Å²) >= 11 is 0. The summed E-state index contributed by atoms with van der Waals surface area (Å²) in [6, 6.07) is 15.7. The fourth-order valence-corrected chi connectivity index (χ4v) is 2.69. The minimum absolute atomic E-state index is 0.0731. The van der Waals surface area contributed by atoms with Crippen LogP contribution in [0.4, 0.5) is 0 Å². The standard InChI is InChI=1S/C18H14O2/c1-11(19)16-8-7-15-9-13-5-3-4-6-14(13)10-17(15)18(16)12(2)20/h3-10H,1-2H3. The van der Waals surface area contributed by atoms with Gasteiger partial charge in [0.25, 0.3) is 0 Å². The van der Waals surface area contributed by atoms with Gasteiger partial charge in [-0.3, -0.25) is 9.59 Å². The quantitative estimate of drug-likeness (QED) is 0.506. The van der Waals surface area contributed by atoms with Gasteiger partial charge in [-0.05, 0) is 47.5 Å². The highest BCUT2D eigenvalue weighted by molar-refractivity contribution is 6.17. The first-order valence-electron chi connectivity index (χ1n) is 6.55. The van der Waals surface area contributed by atoms with Gasteiger partial charge >= 0.3 is 0 Å². The van der Waals surface area contributed by atoms with Crippen LogP contribution in [0.25, 0.3) is 21.5 Å². The van der Waals surface area contributed by atoms with E-state index in [9.17, 15) is 9.59 Å². The SMILES string of the molecule is CC(=O)c1ccc2cc3ccccc3cc2c1C(C)=O. The highest BCUT2D eigenvalue weighted by Gasteiger charge is 2.15. The highest BCUT2D eigenvalue weighted by Crippen LogP contribution is 2.28. The molecule has 0 bridgehead atoms. The number of carbonyl (C=O) groups is 2. The van der Waals surface area contributed by atoms with Crippen molar-refractivity contribution in [3.63, 3.8) is 0 Å². The zero-order valence-electron chi connectivity index (χ0n) is 11.4. The van der Waals surface area contributed by atoms with Gasteiger partial charge in [0, 0.05) is 11.1 Å². The van der Waals surface area contributed by atoms with E-state index in [2.05, 4.69) is 6.07 Å². The van der Waals surface area contributed by atoms with Gasteiger partial charge in [0.1, 0.15) is 0 Å². The number of rotatable bonds is 2. The number of Topliss-reactive ketones (excluding diaryl/α,β-unsaturated/α-hetero) is 2. The van der Waals surface area contributed by atoms with Gasteiger partial charge in [-0.15, -0.1) is 0 Å². The molecule has 3 aromatic rings. The zero-order valence-corrected chi connectivity index (χ0v) is 11.4. The van der Waals surface area contributed by atoms with Crippen LogP contribution < -0.4 is 0 Å². The molecular weight excluding hydrogens is 248 g/mol. The number of benzene rings is 3. The third kappa shape index (κ3) is 1.90. The van der Waals surface area contributed by atoms with E-state index in [4.69, 9.17) is 0 Å². The summed E-state index contributed by atoms with van der Waals surface area (Å²) in [5.74, 6) is -0.152. The van der Waals surface area contributed by atoms with Crippen molar-refractivity contribution in [2.45, 2.75) is 13.8 Å². The third-order valence-electron chi connectivity index (χ3n) is 3.62. The number of carbonyl (C=O) groups excluding carboxylic acids is 2. The Morgan fingerprint density at radius 1 is 0.750 bits per heavy atom. The molecule has 0 N–H and O–H groups in total. The second-order valence-electron chi connectivity index (χ2n) is 5.02. The second kappa shape index (κ2) is 4.57. The van der Waals surface area contributed by atoms with E-state index in [1.54, 1.807) is 6.07 Å². The average molecular weight is 262 g/mol. The maximum absolute atomic E-state index is 12.0. The van der Waals surface area contributed by atoms with E-state index in [1.807, 2.05) is 36.4 Å². The molecule has 0 radical (unpaired) electrons. The summed E-state index contributed by atoms with van der Waals surface area (Å²) in [5, 5.41) is 4.04. The molecule has 3 rings (SSSR count). The molecule has 3 aromatic carbocycles. The summed E-state index contributed by atoms with van der Waals surface area (Å²) in [5.41, 5.74) is 1.03. The predicted octanol–water partition coefficient (Wildman–Crippen LogP) is 4.40. The Morgan fingerprint density at radius 3 is 2.00 bits per heavy atom. The van der Waals surface area contributed by atoms with E-state index >= 15 is 0 Å². The minimum atomic E-state index is -0.0785. The maximum atomic E-state index is 12.0. The molecule has 0 heterocycles. The Hall–Kier alpha value is -2.48. The molecule has 0 aromatic heterocycles. The molecule has 0 atom stereocenters. The Labute approximate surface area is 117 Å². The van der Waals surface area contributed by atoms with Crippen LogP contribution in [0.5, 0.6) is 0 Å². The lowest BCUT2D eigenvalue weighted by Crippen LogP contribution is -2.04. The van der Waals surface area contributed by atoms with Crippen molar-refractivity contribution in [3.8, 4) is 0 Å². The molecule has 0 unspecified atom stereocenters. The number of hydrogen-bond donors (Lipinski definition) is 0. The molecule has 98 valence electrons. The molecule has 0 saturated heterocycles. The van der Waals surface area contributed by atoms with Gasteiger partial charge in [0.05, 0.1) is 0 Å². The van der Waals surface area contributed by atoms with Crippen LogP contribution in [0.1, 0.15) is 34.6 Å². The Kier molecular flexibility index (Phi) is 2.87. The van der Waals surface area contributed by atoms with Crippen LogP contribution in [-0.2, 0) is 0 Å². The van der Waals surface area contributed by atoms with Crippen molar-refractivity contribution in [3.05, 3.63) is 59.7 Å². The van der Waals surface area contributed by atoms with Gasteiger partial charge in [-0.25, -0.2) is 0 Å². The van der Waals surface area contributed by atoms with Crippen molar-refractivity contribution in [2.24, 2.45) is 0 Å². The van der Waals surface area contributed by atoms with Crippen molar-refractivity contribution < 1.29 is 9.59 Å². The summed E-state index contributed by atoms with van der Waals surface area (Å²) in [6.07, 6.45) is 0. The van der Waals surface area contributed by atoms with Crippen LogP contribution in [0.15, 0.2) is 48.5 Å². The van der Waals surface area contributed by atoms with Crippen LogP contribution in [0.2, 0.25) is 0 Å². The van der Waals surface area contributed by atoms with Crippen molar-refractivity contribution in [1.29, 1.82) is 0 Å². The molecule has 0 spiro atoms. The molecule has 20 heavy (non-hydrogen) atoms. The first-order valence-corrected chi connectivity index (χ1v) is 6.55. The second-order valence-corrected chi connectivity index (χ2v) is 5.02. The Morgan fingerprint density at radius 2 is 1.40 bits per heavy atom. The maximum Gasteiger partial charge on any atom is 0.161 e. The topological polar surface area (TPSA) is 34.1 Å². The first kappa shape index (κ1) is 12.5. The van der Waals surface area contributed by atoms with E-state index in [1.165, 1.54) is 13.8 Å². The monoisotopic (exact) mass is 262 g/mol. The lowest BCUT2D eigenvalue weighted by molar-refractivity contribution is 0.0982.